The topological polar surface area (TPSA) is 96.3 Å². The standard InChI is InChI=1S/C22H29N5O3S.Na/c1-26(16-9-10-16)13-17-12-20(24-27(17)2)31(29,30)25-22(28)23-21-18-7-3-5-14(18)11-15-6-4-8-19(15)21;/h11-12,16H,3-10,13H2,1-2H3,(H2,23,25,28);. The van der Waals surface area contributed by atoms with Crippen molar-refractivity contribution >= 4 is 51.3 Å². The minimum Gasteiger partial charge on any atom is -0.307 e. The molecule has 32 heavy (non-hydrogen) atoms. The second-order valence-corrected chi connectivity index (χ2v) is 10.7. The van der Waals surface area contributed by atoms with Gasteiger partial charge in [-0.05, 0) is 80.7 Å². The number of carbonyl (C=O) groups is 1. The number of nitrogens with one attached hydrogen (secondary N) is 2. The number of nitrogens with zero attached hydrogens (tertiary/aromatic N) is 3. The van der Waals surface area contributed by atoms with Crippen molar-refractivity contribution in [1.29, 1.82) is 0 Å². The van der Waals surface area contributed by atoms with Crippen molar-refractivity contribution in [2.45, 2.75) is 69.0 Å². The fraction of sp³-hybridized carbons (Fsp3) is 0.545. The molecule has 0 unspecified atom stereocenters. The Kier molecular flexibility index (Phi) is 6.76. The van der Waals surface area contributed by atoms with Gasteiger partial charge < -0.3 is 5.32 Å². The number of amides is 2. The Hall–Kier alpha value is -1.39. The summed E-state index contributed by atoms with van der Waals surface area (Å²) in [7, 11) is -0.305. The van der Waals surface area contributed by atoms with Crippen LogP contribution >= 0.6 is 0 Å². The summed E-state index contributed by atoms with van der Waals surface area (Å²) in [5.74, 6) is 0. The van der Waals surface area contributed by atoms with Crippen LogP contribution in [0.5, 0.6) is 0 Å². The van der Waals surface area contributed by atoms with Crippen LogP contribution in [0.2, 0.25) is 0 Å². The molecule has 8 nitrogen and oxygen atoms in total. The van der Waals surface area contributed by atoms with Gasteiger partial charge in [0, 0.05) is 60.9 Å². The number of hydrogen-bond donors (Lipinski definition) is 2. The Morgan fingerprint density at radius 2 is 1.75 bits per heavy atom. The molecule has 1 heterocycles. The van der Waals surface area contributed by atoms with Crippen LogP contribution in [-0.4, -0.2) is 71.8 Å². The van der Waals surface area contributed by atoms with E-state index in [1.165, 1.54) is 24.0 Å². The van der Waals surface area contributed by atoms with Crippen LogP contribution in [0.25, 0.3) is 0 Å². The summed E-state index contributed by atoms with van der Waals surface area (Å²) < 4.78 is 29.4. The minimum absolute atomic E-state index is 0. The first-order chi connectivity index (χ1) is 14.8. The summed E-state index contributed by atoms with van der Waals surface area (Å²) in [6.45, 7) is 0.623. The number of aromatic nitrogens is 2. The molecule has 1 aromatic carbocycles. The quantitative estimate of drug-likeness (QED) is 0.636. The Balaban J connectivity index is 0.00000245. The third kappa shape index (κ3) is 4.63. The van der Waals surface area contributed by atoms with Crippen molar-refractivity contribution in [1.82, 2.24) is 19.4 Å². The number of hydrogen-bond acceptors (Lipinski definition) is 5. The van der Waals surface area contributed by atoms with E-state index in [1.807, 2.05) is 7.05 Å². The zero-order valence-electron chi connectivity index (χ0n) is 19.1. The van der Waals surface area contributed by atoms with Crippen LogP contribution in [0.15, 0.2) is 17.2 Å². The fourth-order valence-corrected chi connectivity index (χ4v) is 5.86. The molecule has 2 N–H and O–H groups in total. The number of urea groups is 1. The third-order valence-corrected chi connectivity index (χ3v) is 7.95. The summed E-state index contributed by atoms with van der Waals surface area (Å²) in [6, 6.07) is 3.66. The zero-order chi connectivity index (χ0) is 21.8. The normalized spacial score (nSPS) is 17.1. The molecule has 0 spiro atoms. The summed E-state index contributed by atoms with van der Waals surface area (Å²) in [5, 5.41) is 6.89. The van der Waals surface area contributed by atoms with E-state index >= 15 is 0 Å². The number of aryl methyl sites for hydroxylation is 3. The third-order valence-electron chi connectivity index (χ3n) is 6.75. The molecule has 3 aliphatic carbocycles. The summed E-state index contributed by atoms with van der Waals surface area (Å²) >= 11 is 0. The van der Waals surface area contributed by atoms with Gasteiger partial charge in [0.2, 0.25) is 0 Å². The average molecular weight is 467 g/mol. The van der Waals surface area contributed by atoms with Crippen LogP contribution in [0.1, 0.15) is 53.6 Å². The van der Waals surface area contributed by atoms with E-state index in [1.54, 1.807) is 17.8 Å². The molecular formula is C22H29N5NaO3S. The Morgan fingerprint density at radius 1 is 1.12 bits per heavy atom. The molecule has 0 aliphatic heterocycles. The van der Waals surface area contributed by atoms with Crippen molar-refractivity contribution in [2.75, 3.05) is 12.4 Å². The predicted octanol–water partition coefficient (Wildman–Crippen LogP) is 2.12. The monoisotopic (exact) mass is 466 g/mol. The van der Waals surface area contributed by atoms with Crippen LogP contribution in [0, 0.1) is 0 Å². The molecule has 1 fully saturated rings. The maximum absolute atomic E-state index is 12.8. The number of rotatable bonds is 6. The Bertz CT molecular complexity index is 1120. The molecule has 0 saturated heterocycles. The smallest absolute Gasteiger partial charge is 0.307 e. The van der Waals surface area contributed by atoms with Crippen LogP contribution < -0.4 is 10.0 Å². The molecule has 0 atom stereocenters. The van der Waals surface area contributed by atoms with E-state index in [0.717, 1.165) is 61.0 Å². The van der Waals surface area contributed by atoms with Crippen molar-refractivity contribution in [3.05, 3.63) is 40.1 Å². The van der Waals surface area contributed by atoms with Gasteiger partial charge in [-0.15, -0.1) is 0 Å². The Morgan fingerprint density at radius 3 is 2.34 bits per heavy atom. The maximum atomic E-state index is 12.8. The molecule has 3 aliphatic rings. The molecule has 2 amide bonds. The number of anilines is 1. The van der Waals surface area contributed by atoms with Crippen LogP contribution in [0.4, 0.5) is 10.5 Å². The number of sulfonamides is 1. The first-order valence-corrected chi connectivity index (χ1v) is 12.5. The second kappa shape index (κ2) is 9.10. The first kappa shape index (κ1) is 23.8. The zero-order valence-corrected chi connectivity index (χ0v) is 21.9. The van der Waals surface area contributed by atoms with Gasteiger partial charge in [-0.25, -0.2) is 9.52 Å². The van der Waals surface area contributed by atoms with Crippen molar-refractivity contribution in [2.24, 2.45) is 7.05 Å². The van der Waals surface area contributed by atoms with Gasteiger partial charge in [0.25, 0.3) is 10.0 Å². The van der Waals surface area contributed by atoms with Gasteiger partial charge in [0.05, 0.1) is 5.69 Å². The van der Waals surface area contributed by atoms with E-state index in [0.29, 0.717) is 12.6 Å². The van der Waals surface area contributed by atoms with Crippen molar-refractivity contribution in [3.8, 4) is 0 Å². The summed E-state index contributed by atoms with van der Waals surface area (Å²) in [6.07, 6.45) is 8.36. The van der Waals surface area contributed by atoms with E-state index < -0.39 is 16.1 Å². The van der Waals surface area contributed by atoms with E-state index in [4.69, 9.17) is 0 Å². The molecule has 2 aromatic rings. The van der Waals surface area contributed by atoms with Gasteiger partial charge in [-0.2, -0.15) is 13.5 Å². The molecule has 0 bridgehead atoms. The number of fused-ring (bicyclic) bond motifs is 2. The number of benzene rings is 1. The molecule has 1 radical (unpaired) electrons. The fourth-order valence-electron chi connectivity index (χ4n) is 4.94. The summed E-state index contributed by atoms with van der Waals surface area (Å²) in [5.41, 5.74) is 6.52. The average Bonchev–Trinajstić information content (AvgIpc) is 3.08. The van der Waals surface area contributed by atoms with E-state index in [-0.39, 0.29) is 34.6 Å². The van der Waals surface area contributed by atoms with Crippen molar-refractivity contribution < 1.29 is 13.2 Å². The largest absolute Gasteiger partial charge is 0.333 e. The van der Waals surface area contributed by atoms with Crippen LogP contribution in [-0.2, 0) is 49.3 Å². The Labute approximate surface area is 211 Å². The molecule has 167 valence electrons. The SMILES string of the molecule is CN(Cc1cc(S(=O)(=O)NC(=O)Nc2c3c(cc4c2CCC4)CCC3)nn1C)C1CC1.[Na]. The first-order valence-electron chi connectivity index (χ1n) is 11.1. The molecular weight excluding hydrogens is 437 g/mol. The van der Waals surface area contributed by atoms with Gasteiger partial charge in [0.1, 0.15) is 0 Å². The predicted molar refractivity (Wildman–Crippen MR) is 123 cm³/mol. The van der Waals surface area contributed by atoms with Gasteiger partial charge in [0.15, 0.2) is 5.03 Å². The molecule has 10 heteroatoms. The number of carbonyl (C=O) groups excluding carboxylic acids is 1. The van der Waals surface area contributed by atoms with Crippen molar-refractivity contribution in [3.63, 3.8) is 0 Å². The van der Waals surface area contributed by atoms with Crippen LogP contribution in [0.3, 0.4) is 0 Å². The second-order valence-electron chi connectivity index (χ2n) is 9.04. The van der Waals surface area contributed by atoms with E-state index in [2.05, 4.69) is 26.1 Å². The van der Waals surface area contributed by atoms with Gasteiger partial charge in [-0.3, -0.25) is 9.58 Å². The molecule has 1 saturated carbocycles. The minimum atomic E-state index is -4.06. The van der Waals surface area contributed by atoms with Gasteiger partial charge in [-0.1, -0.05) is 6.07 Å². The molecule has 5 rings (SSSR count). The maximum Gasteiger partial charge on any atom is 0.333 e. The molecule has 1 aromatic heterocycles. The summed E-state index contributed by atoms with van der Waals surface area (Å²) in [4.78, 5) is 14.9. The van der Waals surface area contributed by atoms with E-state index in [9.17, 15) is 13.2 Å². The van der Waals surface area contributed by atoms with Gasteiger partial charge >= 0.3 is 6.03 Å².